The lowest BCUT2D eigenvalue weighted by molar-refractivity contribution is -0.120. The van der Waals surface area contributed by atoms with Gasteiger partial charge in [-0.15, -0.1) is 0 Å². The van der Waals surface area contributed by atoms with E-state index in [2.05, 4.69) is 15.6 Å². The molecular weight excluding hydrogens is 202 g/mol. The number of hydrogen-bond acceptors (Lipinski definition) is 3. The second kappa shape index (κ2) is 6.23. The second-order valence-corrected chi connectivity index (χ2v) is 4.08. The highest BCUT2D eigenvalue weighted by atomic mass is 16.1. The minimum atomic E-state index is 0.0118. The second-order valence-electron chi connectivity index (χ2n) is 4.08. The van der Waals surface area contributed by atoms with Crippen LogP contribution >= 0.6 is 0 Å². The molecule has 0 aliphatic rings. The van der Waals surface area contributed by atoms with E-state index in [9.17, 15) is 4.79 Å². The number of nitrogens with one attached hydrogen (secondary N) is 2. The summed E-state index contributed by atoms with van der Waals surface area (Å²) in [5.41, 5.74) is 0.944. The zero-order valence-electron chi connectivity index (χ0n) is 10.0. The number of pyridine rings is 1. The Morgan fingerprint density at radius 2 is 2.12 bits per heavy atom. The van der Waals surface area contributed by atoms with E-state index in [4.69, 9.17) is 0 Å². The normalized spacial score (nSPS) is 12.5. The number of hydrogen-bond donors (Lipinski definition) is 2. The Bertz CT molecular complexity index is 324. The molecule has 0 spiro atoms. The average Bonchev–Trinajstić information content (AvgIpc) is 2.26. The van der Waals surface area contributed by atoms with E-state index in [1.54, 1.807) is 6.20 Å². The van der Waals surface area contributed by atoms with Gasteiger partial charge in [-0.3, -0.25) is 9.78 Å². The maximum atomic E-state index is 11.4. The van der Waals surface area contributed by atoms with Gasteiger partial charge in [0.15, 0.2) is 0 Å². The van der Waals surface area contributed by atoms with Crippen molar-refractivity contribution in [3.8, 4) is 0 Å². The van der Waals surface area contributed by atoms with E-state index in [0.717, 1.165) is 5.69 Å². The van der Waals surface area contributed by atoms with Crippen molar-refractivity contribution in [1.82, 2.24) is 15.6 Å². The molecule has 4 heteroatoms. The van der Waals surface area contributed by atoms with Crippen LogP contribution in [0.5, 0.6) is 0 Å². The molecule has 0 aliphatic heterocycles. The summed E-state index contributed by atoms with van der Waals surface area (Å²) in [6.45, 7) is 6.20. The molecule has 16 heavy (non-hydrogen) atoms. The van der Waals surface area contributed by atoms with E-state index in [-0.39, 0.29) is 18.0 Å². The number of carbonyl (C=O) groups is 1. The molecule has 2 N–H and O–H groups in total. The zero-order valence-corrected chi connectivity index (χ0v) is 10.0. The summed E-state index contributed by atoms with van der Waals surface area (Å²) in [4.78, 5) is 15.6. The molecular formula is C12H19N3O. The van der Waals surface area contributed by atoms with Crippen LogP contribution in [0.15, 0.2) is 24.4 Å². The van der Waals surface area contributed by atoms with Crippen LogP contribution in [-0.4, -0.2) is 23.5 Å². The quantitative estimate of drug-likeness (QED) is 0.787. The third-order valence-corrected chi connectivity index (χ3v) is 2.15. The van der Waals surface area contributed by atoms with Crippen molar-refractivity contribution in [1.29, 1.82) is 0 Å². The van der Waals surface area contributed by atoms with Gasteiger partial charge in [-0.25, -0.2) is 0 Å². The smallest absolute Gasteiger partial charge is 0.234 e. The van der Waals surface area contributed by atoms with E-state index < -0.39 is 0 Å². The van der Waals surface area contributed by atoms with Crippen LogP contribution in [0.3, 0.4) is 0 Å². The average molecular weight is 221 g/mol. The fraction of sp³-hybridized carbons (Fsp3) is 0.500. The Hall–Kier alpha value is -1.42. The molecule has 1 atom stereocenters. The third kappa shape index (κ3) is 4.40. The summed E-state index contributed by atoms with van der Waals surface area (Å²) >= 11 is 0. The molecule has 0 bridgehead atoms. The monoisotopic (exact) mass is 221 g/mol. The highest BCUT2D eigenvalue weighted by Crippen LogP contribution is 2.06. The highest BCUT2D eigenvalue weighted by molar-refractivity contribution is 5.78. The fourth-order valence-electron chi connectivity index (χ4n) is 1.36. The van der Waals surface area contributed by atoms with Gasteiger partial charge in [0.1, 0.15) is 0 Å². The Morgan fingerprint density at radius 1 is 1.38 bits per heavy atom. The van der Waals surface area contributed by atoms with Crippen molar-refractivity contribution in [3.63, 3.8) is 0 Å². The zero-order chi connectivity index (χ0) is 12.0. The van der Waals surface area contributed by atoms with E-state index in [1.807, 2.05) is 39.0 Å². The van der Waals surface area contributed by atoms with Gasteiger partial charge in [0.25, 0.3) is 0 Å². The molecule has 1 aromatic rings. The maximum absolute atomic E-state index is 11.4. The lowest BCUT2D eigenvalue weighted by Crippen LogP contribution is -2.38. The predicted octanol–water partition coefficient (Wildman–Crippen LogP) is 1.26. The van der Waals surface area contributed by atoms with Crippen LogP contribution in [0.2, 0.25) is 0 Å². The minimum Gasteiger partial charge on any atom is -0.353 e. The highest BCUT2D eigenvalue weighted by Gasteiger charge is 2.08. The van der Waals surface area contributed by atoms with Gasteiger partial charge in [-0.1, -0.05) is 6.07 Å². The predicted molar refractivity (Wildman–Crippen MR) is 63.9 cm³/mol. The molecule has 0 radical (unpaired) electrons. The molecule has 4 nitrogen and oxygen atoms in total. The fourth-order valence-corrected chi connectivity index (χ4v) is 1.36. The van der Waals surface area contributed by atoms with Gasteiger partial charge in [-0.2, -0.15) is 0 Å². The Balaban J connectivity index is 2.36. The van der Waals surface area contributed by atoms with Gasteiger partial charge in [0, 0.05) is 18.3 Å². The molecule has 0 saturated carbocycles. The summed E-state index contributed by atoms with van der Waals surface area (Å²) in [6, 6.07) is 6.02. The first-order valence-corrected chi connectivity index (χ1v) is 5.53. The summed E-state index contributed by atoms with van der Waals surface area (Å²) in [5.74, 6) is 0.0118. The van der Waals surface area contributed by atoms with Crippen molar-refractivity contribution >= 4 is 5.91 Å². The molecule has 1 amide bonds. The van der Waals surface area contributed by atoms with Crippen LogP contribution in [0.25, 0.3) is 0 Å². The van der Waals surface area contributed by atoms with Gasteiger partial charge >= 0.3 is 0 Å². The standard InChI is InChI=1S/C12H19N3O/c1-9(2)15-12(16)8-14-10(3)11-6-4-5-7-13-11/h4-7,9-10,14H,8H2,1-3H3,(H,15,16)/t10-/m1/s1. The maximum Gasteiger partial charge on any atom is 0.234 e. The molecule has 1 rings (SSSR count). The van der Waals surface area contributed by atoms with Gasteiger partial charge in [0.05, 0.1) is 12.2 Å². The van der Waals surface area contributed by atoms with Crippen molar-refractivity contribution in [2.45, 2.75) is 32.9 Å². The lowest BCUT2D eigenvalue weighted by Gasteiger charge is -2.14. The van der Waals surface area contributed by atoms with Crippen molar-refractivity contribution in [2.24, 2.45) is 0 Å². The number of carbonyl (C=O) groups excluding carboxylic acids is 1. The summed E-state index contributed by atoms with van der Waals surface area (Å²) in [5, 5.41) is 5.96. The molecule has 88 valence electrons. The largest absolute Gasteiger partial charge is 0.353 e. The minimum absolute atomic E-state index is 0.0118. The molecule has 1 aromatic heterocycles. The first kappa shape index (κ1) is 12.6. The summed E-state index contributed by atoms with van der Waals surface area (Å²) in [6.07, 6.45) is 1.75. The van der Waals surface area contributed by atoms with Crippen LogP contribution < -0.4 is 10.6 Å². The molecule has 0 saturated heterocycles. The SMILES string of the molecule is CC(C)NC(=O)CN[C@H](C)c1ccccn1. The number of amides is 1. The first-order valence-electron chi connectivity index (χ1n) is 5.53. The van der Waals surface area contributed by atoms with Crippen LogP contribution in [0, 0.1) is 0 Å². The molecule has 0 unspecified atom stereocenters. The molecule has 0 aromatic carbocycles. The van der Waals surface area contributed by atoms with E-state index in [0.29, 0.717) is 6.54 Å². The van der Waals surface area contributed by atoms with Crippen molar-refractivity contribution < 1.29 is 4.79 Å². The van der Waals surface area contributed by atoms with Crippen LogP contribution in [0.1, 0.15) is 32.5 Å². The van der Waals surface area contributed by atoms with E-state index in [1.165, 1.54) is 0 Å². The van der Waals surface area contributed by atoms with Gasteiger partial charge < -0.3 is 10.6 Å². The van der Waals surface area contributed by atoms with Crippen LogP contribution in [0.4, 0.5) is 0 Å². The molecule has 0 fully saturated rings. The third-order valence-electron chi connectivity index (χ3n) is 2.15. The Labute approximate surface area is 96.5 Å². The van der Waals surface area contributed by atoms with Crippen molar-refractivity contribution in [2.75, 3.05) is 6.54 Å². The summed E-state index contributed by atoms with van der Waals surface area (Å²) < 4.78 is 0. The van der Waals surface area contributed by atoms with Crippen LogP contribution in [-0.2, 0) is 4.79 Å². The van der Waals surface area contributed by atoms with Gasteiger partial charge in [0.2, 0.25) is 5.91 Å². The van der Waals surface area contributed by atoms with E-state index >= 15 is 0 Å². The number of rotatable bonds is 5. The Kier molecular flexibility index (Phi) is 4.92. The number of aromatic nitrogens is 1. The Morgan fingerprint density at radius 3 is 2.69 bits per heavy atom. The molecule has 0 aliphatic carbocycles. The first-order chi connectivity index (χ1) is 7.59. The molecule has 1 heterocycles. The van der Waals surface area contributed by atoms with Gasteiger partial charge in [-0.05, 0) is 32.9 Å². The lowest BCUT2D eigenvalue weighted by atomic mass is 10.2. The topological polar surface area (TPSA) is 54.0 Å². The van der Waals surface area contributed by atoms with Crippen molar-refractivity contribution in [3.05, 3.63) is 30.1 Å². The number of nitrogens with zero attached hydrogens (tertiary/aromatic N) is 1. The summed E-state index contributed by atoms with van der Waals surface area (Å²) in [7, 11) is 0.